The summed E-state index contributed by atoms with van der Waals surface area (Å²) in [6, 6.07) is 11.2. The van der Waals surface area contributed by atoms with Gasteiger partial charge in [0, 0.05) is 49.9 Å². The van der Waals surface area contributed by atoms with Gasteiger partial charge in [-0.2, -0.15) is 0 Å². The van der Waals surface area contributed by atoms with Crippen LogP contribution >= 0.6 is 11.6 Å². The van der Waals surface area contributed by atoms with Crippen molar-refractivity contribution >= 4 is 28.4 Å². The number of fused-ring (bicyclic) bond motifs is 1. The van der Waals surface area contributed by atoms with Gasteiger partial charge in [-0.05, 0) is 31.2 Å². The quantitative estimate of drug-likeness (QED) is 0.669. The summed E-state index contributed by atoms with van der Waals surface area (Å²) in [7, 11) is 3.31. The highest BCUT2D eigenvalue weighted by atomic mass is 35.5. The summed E-state index contributed by atoms with van der Waals surface area (Å²) in [6.45, 7) is 5.26. The first-order valence-corrected chi connectivity index (χ1v) is 10.4. The van der Waals surface area contributed by atoms with E-state index in [9.17, 15) is 9.90 Å². The van der Waals surface area contributed by atoms with Crippen LogP contribution in [0, 0.1) is 0 Å². The molecule has 160 valence electrons. The summed E-state index contributed by atoms with van der Waals surface area (Å²) in [4.78, 5) is 16.3. The van der Waals surface area contributed by atoms with Crippen LogP contribution in [-0.4, -0.2) is 53.9 Å². The molecule has 0 spiro atoms. The van der Waals surface area contributed by atoms with Gasteiger partial charge in [0.15, 0.2) is 5.58 Å². The molecule has 2 atom stereocenters. The van der Waals surface area contributed by atoms with E-state index in [0.717, 1.165) is 37.6 Å². The number of anilines is 1. The Labute approximate surface area is 180 Å². The average Bonchev–Trinajstić information content (AvgIpc) is 3.05. The Balaban J connectivity index is 1.49. The lowest BCUT2D eigenvalue weighted by atomic mass is 10.0. The zero-order chi connectivity index (χ0) is 21.4. The van der Waals surface area contributed by atoms with Gasteiger partial charge in [0.25, 0.3) is 0 Å². The summed E-state index contributed by atoms with van der Waals surface area (Å²) in [5.74, 6) is 0.414. The topological polar surface area (TPSA) is 71.1 Å². The van der Waals surface area contributed by atoms with Crippen LogP contribution < -0.4 is 15.4 Å². The van der Waals surface area contributed by atoms with Crippen molar-refractivity contribution in [3.8, 4) is 5.75 Å². The van der Waals surface area contributed by atoms with Gasteiger partial charge in [0.1, 0.15) is 5.75 Å². The molecule has 1 fully saturated rings. The molecule has 1 saturated heterocycles. The number of hydrogen-bond acceptors (Lipinski definition) is 6. The van der Waals surface area contributed by atoms with Gasteiger partial charge >= 0.3 is 5.76 Å². The highest BCUT2D eigenvalue weighted by molar-refractivity contribution is 6.32. The maximum absolute atomic E-state index is 11.8. The number of oxazole rings is 1. The largest absolute Gasteiger partial charge is 0.495 e. The normalized spacial score (nSPS) is 17.3. The zero-order valence-electron chi connectivity index (χ0n) is 17.3. The fraction of sp³-hybridized carbons (Fsp3) is 0.409. The molecule has 0 amide bonds. The molecule has 4 rings (SSSR count). The molecule has 2 aromatic carbocycles. The van der Waals surface area contributed by atoms with Crippen molar-refractivity contribution in [1.82, 2.24) is 9.47 Å². The molecule has 0 bridgehead atoms. The predicted octanol–water partition coefficient (Wildman–Crippen LogP) is 3.04. The highest BCUT2D eigenvalue weighted by Gasteiger charge is 2.29. The molecule has 0 saturated carbocycles. The van der Waals surface area contributed by atoms with E-state index >= 15 is 0 Å². The Morgan fingerprint density at radius 2 is 1.87 bits per heavy atom. The first-order valence-electron chi connectivity index (χ1n) is 9.99. The number of aromatic nitrogens is 1. The van der Waals surface area contributed by atoms with Gasteiger partial charge in [-0.25, -0.2) is 4.79 Å². The number of hydrogen-bond donors (Lipinski definition) is 1. The lowest BCUT2D eigenvalue weighted by Crippen LogP contribution is -2.51. The van der Waals surface area contributed by atoms with Crippen molar-refractivity contribution < 1.29 is 14.3 Å². The van der Waals surface area contributed by atoms with Gasteiger partial charge in [-0.3, -0.25) is 9.47 Å². The number of ether oxygens (including phenoxy) is 1. The summed E-state index contributed by atoms with van der Waals surface area (Å²) >= 11 is 6.44. The van der Waals surface area contributed by atoms with Crippen LogP contribution in [0.5, 0.6) is 5.75 Å². The SMILES string of the molecule is COc1ccccc1N1CCN(C(C)C(O)c2cc3oc(=O)n(C)c3cc2Cl)CC1. The monoisotopic (exact) mass is 431 g/mol. The van der Waals surface area contributed by atoms with E-state index < -0.39 is 11.9 Å². The fourth-order valence-electron chi connectivity index (χ4n) is 4.11. The van der Waals surface area contributed by atoms with Crippen LogP contribution in [0.2, 0.25) is 5.02 Å². The number of piperazine rings is 1. The number of halogens is 1. The van der Waals surface area contributed by atoms with Gasteiger partial charge in [0.05, 0.1) is 24.4 Å². The Morgan fingerprint density at radius 1 is 1.17 bits per heavy atom. The molecule has 8 heteroatoms. The zero-order valence-corrected chi connectivity index (χ0v) is 18.1. The molecule has 2 heterocycles. The van der Waals surface area contributed by atoms with Crippen molar-refractivity contribution in [1.29, 1.82) is 0 Å². The van der Waals surface area contributed by atoms with Crippen molar-refractivity contribution in [3.63, 3.8) is 0 Å². The molecule has 0 aliphatic carbocycles. The van der Waals surface area contributed by atoms with Crippen LogP contribution in [0.3, 0.4) is 0 Å². The molecule has 1 aliphatic heterocycles. The molecule has 0 radical (unpaired) electrons. The lowest BCUT2D eigenvalue weighted by molar-refractivity contribution is 0.0546. The second-order valence-electron chi connectivity index (χ2n) is 7.65. The van der Waals surface area contributed by atoms with E-state index in [0.29, 0.717) is 21.7 Å². The maximum Gasteiger partial charge on any atom is 0.419 e. The molecule has 1 aromatic heterocycles. The Kier molecular flexibility index (Phi) is 5.77. The summed E-state index contributed by atoms with van der Waals surface area (Å²) in [5.41, 5.74) is 2.69. The number of rotatable bonds is 5. The van der Waals surface area contributed by atoms with E-state index in [1.54, 1.807) is 26.3 Å². The van der Waals surface area contributed by atoms with Crippen molar-refractivity contribution in [2.24, 2.45) is 7.05 Å². The van der Waals surface area contributed by atoms with E-state index in [1.165, 1.54) is 4.57 Å². The van der Waals surface area contributed by atoms with Gasteiger partial charge in [-0.15, -0.1) is 0 Å². The van der Waals surface area contributed by atoms with E-state index in [2.05, 4.69) is 15.9 Å². The van der Waals surface area contributed by atoms with Crippen molar-refractivity contribution in [3.05, 3.63) is 57.5 Å². The second kappa shape index (κ2) is 8.34. The average molecular weight is 432 g/mol. The maximum atomic E-state index is 11.8. The molecule has 2 unspecified atom stereocenters. The molecule has 3 aromatic rings. The van der Waals surface area contributed by atoms with Gasteiger partial charge in [-0.1, -0.05) is 23.7 Å². The molecule has 1 N–H and O–H groups in total. The van der Waals surface area contributed by atoms with Crippen molar-refractivity contribution in [2.45, 2.75) is 19.1 Å². The minimum Gasteiger partial charge on any atom is -0.495 e. The van der Waals surface area contributed by atoms with E-state index in [4.69, 9.17) is 20.8 Å². The fourth-order valence-corrected chi connectivity index (χ4v) is 4.38. The number of para-hydroxylation sites is 2. The smallest absolute Gasteiger partial charge is 0.419 e. The minimum absolute atomic E-state index is 0.143. The first-order chi connectivity index (χ1) is 14.4. The minimum atomic E-state index is -0.801. The molecular weight excluding hydrogens is 406 g/mol. The van der Waals surface area contributed by atoms with Crippen LogP contribution in [0.25, 0.3) is 11.1 Å². The lowest BCUT2D eigenvalue weighted by Gasteiger charge is -2.41. The number of benzene rings is 2. The van der Waals surface area contributed by atoms with Crippen molar-refractivity contribution in [2.75, 3.05) is 38.2 Å². The molecule has 1 aliphatic rings. The highest BCUT2D eigenvalue weighted by Crippen LogP contribution is 2.33. The summed E-state index contributed by atoms with van der Waals surface area (Å²) in [5, 5.41) is 11.5. The molecule has 7 nitrogen and oxygen atoms in total. The standard InChI is InChI=1S/C22H26ClN3O4/c1-14(21(27)15-12-20-18(13-16(15)23)24(2)22(28)30-20)25-8-10-26(11-9-25)17-6-4-5-7-19(17)29-3/h4-7,12-14,21,27H,8-11H2,1-3H3. The molecule has 30 heavy (non-hydrogen) atoms. The van der Waals surface area contributed by atoms with Crippen LogP contribution in [0.15, 0.2) is 45.6 Å². The third kappa shape index (κ3) is 3.69. The Bertz CT molecular complexity index is 1100. The van der Waals surface area contributed by atoms with E-state index in [-0.39, 0.29) is 6.04 Å². The third-order valence-electron chi connectivity index (χ3n) is 6.00. The Hall–Kier alpha value is -2.48. The third-order valence-corrected chi connectivity index (χ3v) is 6.33. The first kappa shape index (κ1) is 20.8. The Morgan fingerprint density at radius 3 is 2.57 bits per heavy atom. The number of methoxy groups -OCH3 is 1. The van der Waals surface area contributed by atoms with Crippen LogP contribution in [0.4, 0.5) is 5.69 Å². The number of aliphatic hydroxyl groups excluding tert-OH is 1. The summed E-state index contributed by atoms with van der Waals surface area (Å²) in [6.07, 6.45) is -0.801. The second-order valence-corrected chi connectivity index (χ2v) is 8.06. The van der Waals surface area contributed by atoms with E-state index in [1.807, 2.05) is 25.1 Å². The van der Waals surface area contributed by atoms with Gasteiger partial charge in [0.2, 0.25) is 0 Å². The predicted molar refractivity (Wildman–Crippen MR) is 118 cm³/mol. The van der Waals surface area contributed by atoms with Gasteiger partial charge < -0.3 is 19.2 Å². The summed E-state index contributed by atoms with van der Waals surface area (Å²) < 4.78 is 12.1. The number of nitrogens with zero attached hydrogens (tertiary/aromatic N) is 3. The van der Waals surface area contributed by atoms with Crippen LogP contribution in [-0.2, 0) is 7.05 Å². The number of aliphatic hydroxyl groups is 1. The molecular formula is C22H26ClN3O4. The number of aryl methyl sites for hydroxylation is 1. The van der Waals surface area contributed by atoms with Crippen LogP contribution in [0.1, 0.15) is 18.6 Å².